The molecule has 19 heavy (non-hydrogen) atoms. The number of rotatable bonds is 4. The number of nitrogen functional groups attached to an aromatic ring is 1. The van der Waals surface area contributed by atoms with Crippen molar-refractivity contribution in [3.05, 3.63) is 47.5 Å². The van der Waals surface area contributed by atoms with E-state index >= 15 is 0 Å². The Morgan fingerprint density at radius 3 is 2.95 bits per heavy atom. The number of aromatic nitrogens is 2. The molecule has 3 N–H and O–H groups in total. The summed E-state index contributed by atoms with van der Waals surface area (Å²) in [6, 6.07) is 4.47. The van der Waals surface area contributed by atoms with Crippen LogP contribution in [-0.2, 0) is 6.54 Å². The van der Waals surface area contributed by atoms with Gasteiger partial charge in [-0.15, -0.1) is 0 Å². The minimum atomic E-state index is -0.475. The molecule has 0 atom stereocenters. The first-order chi connectivity index (χ1) is 9.08. The van der Waals surface area contributed by atoms with Gasteiger partial charge in [0.1, 0.15) is 5.82 Å². The van der Waals surface area contributed by atoms with Gasteiger partial charge in [0, 0.05) is 35.8 Å². The summed E-state index contributed by atoms with van der Waals surface area (Å²) in [4.78, 5) is 11.8. The Balaban J connectivity index is 1.96. The van der Waals surface area contributed by atoms with Gasteiger partial charge in [-0.1, -0.05) is 0 Å². The van der Waals surface area contributed by atoms with Gasteiger partial charge in [0.05, 0.1) is 6.54 Å². The summed E-state index contributed by atoms with van der Waals surface area (Å²) >= 11 is 0. The maximum atomic E-state index is 13.5. The topological polar surface area (TPSA) is 72.9 Å². The van der Waals surface area contributed by atoms with Crippen LogP contribution in [0.2, 0.25) is 0 Å². The molecule has 0 bridgehead atoms. The first kappa shape index (κ1) is 13.1. The fourth-order valence-corrected chi connectivity index (χ4v) is 1.65. The number of anilines is 1. The van der Waals surface area contributed by atoms with Gasteiger partial charge in [0.25, 0.3) is 5.91 Å². The summed E-state index contributed by atoms with van der Waals surface area (Å²) in [6.45, 7) is 2.54. The van der Waals surface area contributed by atoms with Crippen molar-refractivity contribution in [1.82, 2.24) is 15.1 Å². The van der Waals surface area contributed by atoms with Crippen LogP contribution in [0, 0.1) is 12.7 Å². The van der Waals surface area contributed by atoms with Crippen molar-refractivity contribution >= 4 is 11.6 Å². The lowest BCUT2D eigenvalue weighted by Crippen LogP contribution is -2.27. The van der Waals surface area contributed by atoms with Crippen LogP contribution in [-0.4, -0.2) is 22.2 Å². The van der Waals surface area contributed by atoms with Gasteiger partial charge in [-0.25, -0.2) is 4.39 Å². The van der Waals surface area contributed by atoms with Crippen molar-refractivity contribution in [3.8, 4) is 0 Å². The van der Waals surface area contributed by atoms with Crippen LogP contribution in [0.5, 0.6) is 0 Å². The van der Waals surface area contributed by atoms with Crippen LogP contribution in [0.1, 0.15) is 15.9 Å². The summed E-state index contributed by atoms with van der Waals surface area (Å²) in [5.74, 6) is -0.824. The van der Waals surface area contributed by atoms with E-state index in [-0.39, 0.29) is 17.2 Å². The molecule has 0 spiro atoms. The molecule has 0 saturated carbocycles. The van der Waals surface area contributed by atoms with Crippen LogP contribution in [0.15, 0.2) is 30.6 Å². The predicted octanol–water partition coefficient (Wildman–Crippen LogP) is 1.34. The summed E-state index contributed by atoms with van der Waals surface area (Å²) in [5.41, 5.74) is 6.48. The average Bonchev–Trinajstić information content (AvgIpc) is 2.88. The van der Waals surface area contributed by atoms with Crippen molar-refractivity contribution in [2.75, 3.05) is 12.3 Å². The highest BCUT2D eigenvalue weighted by Crippen LogP contribution is 2.17. The highest BCUT2D eigenvalue weighted by atomic mass is 19.1. The molecule has 1 aromatic carbocycles. The van der Waals surface area contributed by atoms with Crippen molar-refractivity contribution in [1.29, 1.82) is 0 Å². The number of nitrogens with two attached hydrogens (primary N) is 1. The monoisotopic (exact) mass is 262 g/mol. The van der Waals surface area contributed by atoms with Gasteiger partial charge in [-0.2, -0.15) is 5.10 Å². The fourth-order valence-electron chi connectivity index (χ4n) is 1.65. The molecule has 0 aliphatic heterocycles. The summed E-state index contributed by atoms with van der Waals surface area (Å²) in [5, 5.41) is 6.70. The Bertz CT molecular complexity index is 557. The molecule has 0 radical (unpaired) electrons. The summed E-state index contributed by atoms with van der Waals surface area (Å²) in [7, 11) is 0. The van der Waals surface area contributed by atoms with Crippen LogP contribution < -0.4 is 11.1 Å². The van der Waals surface area contributed by atoms with Crippen molar-refractivity contribution in [2.45, 2.75) is 13.5 Å². The lowest BCUT2D eigenvalue weighted by atomic mass is 10.1. The van der Waals surface area contributed by atoms with E-state index in [0.717, 1.165) is 0 Å². The van der Waals surface area contributed by atoms with Gasteiger partial charge < -0.3 is 11.1 Å². The van der Waals surface area contributed by atoms with Crippen LogP contribution >= 0.6 is 0 Å². The van der Waals surface area contributed by atoms with Crippen molar-refractivity contribution in [2.24, 2.45) is 0 Å². The third kappa shape index (κ3) is 3.09. The van der Waals surface area contributed by atoms with E-state index in [1.54, 1.807) is 30.1 Å². The largest absolute Gasteiger partial charge is 0.398 e. The third-order valence-corrected chi connectivity index (χ3v) is 2.83. The van der Waals surface area contributed by atoms with E-state index in [2.05, 4.69) is 10.4 Å². The lowest BCUT2D eigenvalue weighted by molar-refractivity contribution is 0.0951. The molecule has 0 aliphatic rings. The third-order valence-electron chi connectivity index (χ3n) is 2.83. The molecule has 1 heterocycles. The maximum absolute atomic E-state index is 13.5. The predicted molar refractivity (Wildman–Crippen MR) is 70.1 cm³/mol. The smallest absolute Gasteiger partial charge is 0.251 e. The van der Waals surface area contributed by atoms with E-state index in [9.17, 15) is 9.18 Å². The fraction of sp³-hybridized carbons (Fsp3) is 0.231. The number of carbonyl (C=O) groups excluding carboxylic acids is 1. The number of nitrogens with one attached hydrogen (secondary N) is 1. The average molecular weight is 262 g/mol. The zero-order chi connectivity index (χ0) is 13.8. The maximum Gasteiger partial charge on any atom is 0.251 e. The van der Waals surface area contributed by atoms with Gasteiger partial charge >= 0.3 is 0 Å². The first-order valence-corrected chi connectivity index (χ1v) is 5.89. The zero-order valence-electron chi connectivity index (χ0n) is 10.6. The second kappa shape index (κ2) is 5.51. The second-order valence-corrected chi connectivity index (χ2v) is 4.20. The quantitative estimate of drug-likeness (QED) is 0.817. The number of hydrogen-bond acceptors (Lipinski definition) is 3. The Hall–Kier alpha value is -2.37. The number of carbonyl (C=O) groups is 1. The number of nitrogens with zero attached hydrogens (tertiary/aromatic N) is 2. The zero-order valence-corrected chi connectivity index (χ0v) is 10.6. The normalized spacial score (nSPS) is 10.4. The molecular weight excluding hydrogens is 247 g/mol. The highest BCUT2D eigenvalue weighted by Gasteiger charge is 2.10. The Kier molecular flexibility index (Phi) is 3.79. The molecule has 0 fully saturated rings. The molecule has 1 amide bonds. The minimum Gasteiger partial charge on any atom is -0.398 e. The SMILES string of the molecule is Cc1c(N)cc(C(=O)NCCn2cccn2)cc1F. The molecule has 5 nitrogen and oxygen atoms in total. The number of hydrogen-bond donors (Lipinski definition) is 2. The molecule has 0 aliphatic carbocycles. The minimum absolute atomic E-state index is 0.223. The van der Waals surface area contributed by atoms with Gasteiger partial charge in [0.15, 0.2) is 0 Å². The highest BCUT2D eigenvalue weighted by molar-refractivity contribution is 5.95. The second-order valence-electron chi connectivity index (χ2n) is 4.20. The molecular formula is C13H15FN4O. The van der Waals surface area contributed by atoms with Crippen molar-refractivity contribution in [3.63, 3.8) is 0 Å². The molecule has 1 aromatic heterocycles. The molecule has 2 aromatic rings. The van der Waals surface area contributed by atoms with E-state index in [1.807, 2.05) is 0 Å². The molecule has 2 rings (SSSR count). The van der Waals surface area contributed by atoms with Gasteiger partial charge in [-0.05, 0) is 25.1 Å². The molecule has 6 heteroatoms. The van der Waals surface area contributed by atoms with Gasteiger partial charge in [-0.3, -0.25) is 9.48 Å². The lowest BCUT2D eigenvalue weighted by Gasteiger charge is -2.08. The Labute approximate surface area is 110 Å². The Morgan fingerprint density at radius 2 is 2.32 bits per heavy atom. The van der Waals surface area contributed by atoms with Gasteiger partial charge in [0.2, 0.25) is 0 Å². The number of benzene rings is 1. The van der Waals surface area contributed by atoms with E-state index in [4.69, 9.17) is 5.73 Å². The summed E-state index contributed by atoms with van der Waals surface area (Å²) in [6.07, 6.45) is 3.47. The van der Waals surface area contributed by atoms with E-state index in [1.165, 1.54) is 12.1 Å². The summed E-state index contributed by atoms with van der Waals surface area (Å²) < 4.78 is 15.2. The van der Waals surface area contributed by atoms with E-state index in [0.29, 0.717) is 18.7 Å². The molecule has 100 valence electrons. The van der Waals surface area contributed by atoms with Crippen molar-refractivity contribution < 1.29 is 9.18 Å². The molecule has 0 saturated heterocycles. The first-order valence-electron chi connectivity index (χ1n) is 5.89. The van der Waals surface area contributed by atoms with Crippen LogP contribution in [0.3, 0.4) is 0 Å². The van der Waals surface area contributed by atoms with E-state index < -0.39 is 5.82 Å². The Morgan fingerprint density at radius 1 is 1.53 bits per heavy atom. The number of halogens is 1. The molecule has 0 unspecified atom stereocenters. The van der Waals surface area contributed by atoms with Crippen LogP contribution in [0.4, 0.5) is 10.1 Å². The standard InChI is InChI=1S/C13H15FN4O/c1-9-11(14)7-10(8-12(9)15)13(19)16-4-6-18-5-2-3-17-18/h2-3,5,7-8H,4,6,15H2,1H3,(H,16,19). The number of amides is 1. The van der Waals surface area contributed by atoms with Crippen LogP contribution in [0.25, 0.3) is 0 Å².